The van der Waals surface area contributed by atoms with Crippen LogP contribution in [0.15, 0.2) is 67.0 Å². The van der Waals surface area contributed by atoms with Gasteiger partial charge in [-0.25, -0.2) is 4.98 Å². The Morgan fingerprint density at radius 3 is 2.45 bits per heavy atom. The fourth-order valence-electron chi connectivity index (χ4n) is 2.65. The summed E-state index contributed by atoms with van der Waals surface area (Å²) < 4.78 is 1.46. The first-order chi connectivity index (χ1) is 10.7. The summed E-state index contributed by atoms with van der Waals surface area (Å²) in [6.07, 6.45) is 1.49. The van der Waals surface area contributed by atoms with Gasteiger partial charge in [0, 0.05) is 0 Å². The molecule has 0 aliphatic heterocycles. The number of phenols is 1. The number of imidazole rings is 1. The van der Waals surface area contributed by atoms with E-state index in [-0.39, 0.29) is 17.2 Å². The van der Waals surface area contributed by atoms with E-state index in [0.29, 0.717) is 0 Å². The number of nitrogens with zero attached hydrogens (tertiary/aromatic N) is 2. The molecule has 0 saturated heterocycles. The molecular formula is C18H12N2O2. The highest BCUT2D eigenvalue weighted by molar-refractivity contribution is 6.05. The van der Waals surface area contributed by atoms with Crippen LogP contribution < -0.4 is 0 Å². The number of carbonyl (C=O) groups is 1. The van der Waals surface area contributed by atoms with Crippen molar-refractivity contribution in [1.82, 2.24) is 9.55 Å². The standard InChI is InChI=1S/C18H12N2O2/c21-17-10-13-6-2-1-5-12(13)9-14(17)18(22)20-11-19-15-7-3-4-8-16(15)20/h1-11,21H. The molecule has 0 amide bonds. The molecule has 4 nitrogen and oxygen atoms in total. The van der Waals surface area contributed by atoms with Crippen LogP contribution in [-0.4, -0.2) is 20.6 Å². The molecule has 1 heterocycles. The average Bonchev–Trinajstić information content (AvgIpc) is 2.97. The number of benzene rings is 3. The van der Waals surface area contributed by atoms with Gasteiger partial charge in [-0.05, 0) is 35.0 Å². The number of carbonyl (C=O) groups excluding carboxylic acids is 1. The molecule has 0 radical (unpaired) electrons. The fourth-order valence-corrected chi connectivity index (χ4v) is 2.65. The largest absolute Gasteiger partial charge is 0.507 e. The number of hydrogen-bond acceptors (Lipinski definition) is 3. The van der Waals surface area contributed by atoms with Crippen molar-refractivity contribution in [1.29, 1.82) is 0 Å². The number of para-hydroxylation sites is 2. The molecule has 0 aliphatic carbocycles. The monoisotopic (exact) mass is 288 g/mol. The second-order valence-corrected chi connectivity index (χ2v) is 5.12. The summed E-state index contributed by atoms with van der Waals surface area (Å²) in [5.74, 6) is -0.321. The van der Waals surface area contributed by atoms with Crippen LogP contribution in [0.25, 0.3) is 21.8 Å². The molecule has 22 heavy (non-hydrogen) atoms. The van der Waals surface area contributed by atoms with Crippen LogP contribution in [0.1, 0.15) is 10.4 Å². The predicted molar refractivity (Wildman–Crippen MR) is 85.1 cm³/mol. The maximum atomic E-state index is 12.7. The first kappa shape index (κ1) is 12.6. The van der Waals surface area contributed by atoms with Crippen molar-refractivity contribution < 1.29 is 9.90 Å². The van der Waals surface area contributed by atoms with Crippen molar-refractivity contribution in [3.05, 3.63) is 72.6 Å². The van der Waals surface area contributed by atoms with Gasteiger partial charge in [-0.2, -0.15) is 0 Å². The lowest BCUT2D eigenvalue weighted by molar-refractivity contribution is 0.0962. The first-order valence-electron chi connectivity index (χ1n) is 6.92. The third kappa shape index (κ3) is 1.85. The zero-order valence-corrected chi connectivity index (χ0v) is 11.6. The van der Waals surface area contributed by atoms with Crippen LogP contribution in [0.5, 0.6) is 5.75 Å². The number of aromatic hydroxyl groups is 1. The summed E-state index contributed by atoms with van der Waals surface area (Å²) in [7, 11) is 0. The van der Waals surface area contributed by atoms with Gasteiger partial charge < -0.3 is 5.11 Å². The van der Waals surface area contributed by atoms with Gasteiger partial charge in [0.25, 0.3) is 5.91 Å². The maximum absolute atomic E-state index is 12.7. The predicted octanol–water partition coefficient (Wildman–Crippen LogP) is 3.58. The maximum Gasteiger partial charge on any atom is 0.267 e. The van der Waals surface area contributed by atoms with Crippen molar-refractivity contribution in [2.75, 3.05) is 0 Å². The molecule has 0 atom stereocenters. The summed E-state index contributed by atoms with van der Waals surface area (Å²) in [6.45, 7) is 0. The SMILES string of the molecule is O=C(c1cc2ccccc2cc1O)n1cnc2ccccc21. The van der Waals surface area contributed by atoms with Crippen LogP contribution in [-0.2, 0) is 0 Å². The van der Waals surface area contributed by atoms with Gasteiger partial charge in [0.05, 0.1) is 16.6 Å². The number of aromatic nitrogens is 2. The molecule has 4 heteroatoms. The molecule has 0 saturated carbocycles. The van der Waals surface area contributed by atoms with Gasteiger partial charge in [-0.3, -0.25) is 9.36 Å². The van der Waals surface area contributed by atoms with E-state index >= 15 is 0 Å². The van der Waals surface area contributed by atoms with E-state index in [0.717, 1.165) is 21.8 Å². The Balaban J connectivity index is 1.91. The van der Waals surface area contributed by atoms with E-state index in [4.69, 9.17) is 0 Å². The van der Waals surface area contributed by atoms with Gasteiger partial charge >= 0.3 is 0 Å². The second-order valence-electron chi connectivity index (χ2n) is 5.12. The quantitative estimate of drug-likeness (QED) is 0.582. The zero-order valence-electron chi connectivity index (χ0n) is 11.6. The van der Waals surface area contributed by atoms with E-state index in [1.165, 1.54) is 10.9 Å². The van der Waals surface area contributed by atoms with Crippen LogP contribution in [0.2, 0.25) is 0 Å². The second kappa shape index (κ2) is 4.70. The van der Waals surface area contributed by atoms with Crippen LogP contribution in [0, 0.1) is 0 Å². The lowest BCUT2D eigenvalue weighted by atomic mass is 10.1. The van der Waals surface area contributed by atoms with Crippen LogP contribution in [0.4, 0.5) is 0 Å². The molecule has 1 aromatic heterocycles. The molecule has 106 valence electrons. The Morgan fingerprint density at radius 1 is 0.955 bits per heavy atom. The van der Waals surface area contributed by atoms with Crippen molar-refractivity contribution >= 4 is 27.7 Å². The minimum Gasteiger partial charge on any atom is -0.507 e. The van der Waals surface area contributed by atoms with Crippen molar-refractivity contribution in [3.63, 3.8) is 0 Å². The number of phenolic OH excluding ortho intramolecular Hbond substituents is 1. The topological polar surface area (TPSA) is 55.1 Å². The molecule has 4 aromatic rings. The van der Waals surface area contributed by atoms with Crippen molar-refractivity contribution in [2.45, 2.75) is 0 Å². The summed E-state index contributed by atoms with van der Waals surface area (Å²) in [4.78, 5) is 17.0. The third-order valence-corrected chi connectivity index (χ3v) is 3.77. The summed E-state index contributed by atoms with van der Waals surface area (Å²) in [5, 5.41) is 12.0. The Hall–Kier alpha value is -3.14. The lowest BCUT2D eigenvalue weighted by Crippen LogP contribution is -2.11. The summed E-state index contributed by atoms with van der Waals surface area (Å²) in [5.41, 5.74) is 1.73. The van der Waals surface area contributed by atoms with Gasteiger partial charge in [-0.1, -0.05) is 36.4 Å². The smallest absolute Gasteiger partial charge is 0.267 e. The molecule has 0 unspecified atom stereocenters. The molecule has 1 N–H and O–H groups in total. The highest BCUT2D eigenvalue weighted by Gasteiger charge is 2.16. The molecular weight excluding hydrogens is 276 g/mol. The Morgan fingerprint density at radius 2 is 1.64 bits per heavy atom. The molecule has 0 aliphatic rings. The van der Waals surface area contributed by atoms with E-state index in [2.05, 4.69) is 4.98 Å². The van der Waals surface area contributed by atoms with E-state index < -0.39 is 0 Å². The molecule has 4 rings (SSSR count). The van der Waals surface area contributed by atoms with Crippen LogP contribution >= 0.6 is 0 Å². The summed E-state index contributed by atoms with van der Waals surface area (Å²) in [6, 6.07) is 18.3. The number of hydrogen-bond donors (Lipinski definition) is 1. The number of fused-ring (bicyclic) bond motifs is 2. The highest BCUT2D eigenvalue weighted by Crippen LogP contribution is 2.26. The van der Waals surface area contributed by atoms with Gasteiger partial charge in [0.1, 0.15) is 12.1 Å². The van der Waals surface area contributed by atoms with E-state index in [1.54, 1.807) is 12.1 Å². The normalized spacial score (nSPS) is 11.1. The van der Waals surface area contributed by atoms with Gasteiger partial charge in [-0.15, -0.1) is 0 Å². The first-order valence-corrected chi connectivity index (χ1v) is 6.92. The van der Waals surface area contributed by atoms with Crippen LogP contribution in [0.3, 0.4) is 0 Å². The number of rotatable bonds is 1. The van der Waals surface area contributed by atoms with Crippen molar-refractivity contribution in [3.8, 4) is 5.75 Å². The Kier molecular flexibility index (Phi) is 2.69. The third-order valence-electron chi connectivity index (χ3n) is 3.77. The minimum atomic E-state index is -0.294. The lowest BCUT2D eigenvalue weighted by Gasteiger charge is -2.07. The highest BCUT2D eigenvalue weighted by atomic mass is 16.3. The Labute approximate surface area is 126 Å². The minimum absolute atomic E-state index is 0.0264. The van der Waals surface area contributed by atoms with Crippen molar-refractivity contribution in [2.24, 2.45) is 0 Å². The molecule has 0 spiro atoms. The summed E-state index contributed by atoms with van der Waals surface area (Å²) >= 11 is 0. The Bertz CT molecular complexity index is 1020. The van der Waals surface area contributed by atoms with Gasteiger partial charge in [0.15, 0.2) is 0 Å². The molecule has 0 fully saturated rings. The van der Waals surface area contributed by atoms with Gasteiger partial charge in [0.2, 0.25) is 0 Å². The molecule has 0 bridgehead atoms. The zero-order chi connectivity index (χ0) is 15.1. The van der Waals surface area contributed by atoms with E-state index in [1.807, 2.05) is 48.5 Å². The fraction of sp³-hybridized carbons (Fsp3) is 0. The average molecular weight is 288 g/mol. The molecule has 3 aromatic carbocycles. The van der Waals surface area contributed by atoms with E-state index in [9.17, 15) is 9.90 Å².